The standard InChI is InChI=1S/C23H27N3O2S/c1-16-6-10-18(11-7-16)21(27)5-3-2-4-17-8-12-19(13-9-17)25-22(28)14-20-15-29-23(24)26-20/h6-13,15,21,27H,2-5,14H2,1H3,(H2,24,26)(H,25,28)/t21-/m0/s1/i4D2,6D,7D,10D,11D,15D,21D. The third-order valence-electron chi connectivity index (χ3n) is 3.97. The molecule has 29 heavy (non-hydrogen) atoms. The zero-order valence-electron chi connectivity index (χ0n) is 23.9. The number of aromatic nitrogens is 1. The van der Waals surface area contributed by atoms with Gasteiger partial charge in [0, 0.05) is 13.8 Å². The minimum atomic E-state index is -2.42. The van der Waals surface area contributed by atoms with E-state index in [1.165, 1.54) is 19.1 Å². The highest BCUT2D eigenvalue weighted by molar-refractivity contribution is 7.13. The van der Waals surface area contributed by atoms with E-state index in [9.17, 15) is 9.90 Å². The van der Waals surface area contributed by atoms with Crippen molar-refractivity contribution in [3.8, 4) is 0 Å². The molecule has 3 rings (SSSR count). The van der Waals surface area contributed by atoms with Gasteiger partial charge in [0.15, 0.2) is 5.13 Å². The Morgan fingerprint density at radius 1 is 1.31 bits per heavy atom. The molecule has 1 atom stereocenters. The highest BCUT2D eigenvalue weighted by atomic mass is 32.1. The Labute approximate surface area is 186 Å². The quantitative estimate of drug-likeness (QED) is 0.472. The first kappa shape index (κ1) is 12.8. The average Bonchev–Trinajstić information content (AvgIpc) is 3.12. The van der Waals surface area contributed by atoms with Gasteiger partial charge in [-0.3, -0.25) is 4.79 Å². The Kier molecular flexibility index (Phi) is 4.49. The van der Waals surface area contributed by atoms with Crippen LogP contribution in [0.15, 0.2) is 53.8 Å². The highest BCUT2D eigenvalue weighted by Gasteiger charge is 2.08. The maximum atomic E-state index is 12.2. The Balaban J connectivity index is 1.63. The van der Waals surface area contributed by atoms with Gasteiger partial charge in [-0.25, -0.2) is 4.98 Å². The number of benzene rings is 2. The van der Waals surface area contributed by atoms with Gasteiger partial charge in [0.25, 0.3) is 0 Å². The first-order valence-electron chi connectivity index (χ1n) is 13.1. The van der Waals surface area contributed by atoms with Crippen molar-refractivity contribution in [1.82, 2.24) is 4.98 Å². The van der Waals surface area contributed by atoms with E-state index < -0.39 is 36.0 Å². The van der Waals surface area contributed by atoms with Gasteiger partial charge in [-0.1, -0.05) is 48.3 Å². The Hall–Kier alpha value is -2.70. The second kappa shape index (κ2) is 10.2. The lowest BCUT2D eigenvalue weighted by atomic mass is 10.0. The Morgan fingerprint density at radius 3 is 2.69 bits per heavy atom. The molecule has 152 valence electrons. The number of carbonyl (C=O) groups is 1. The first-order valence-corrected chi connectivity index (χ1v) is 9.87. The Bertz CT molecular complexity index is 1280. The predicted octanol–water partition coefficient (Wildman–Crippen LogP) is 4.66. The van der Waals surface area contributed by atoms with Crippen molar-refractivity contribution in [2.75, 3.05) is 11.1 Å². The molecule has 0 aliphatic rings. The number of hydrogen-bond donors (Lipinski definition) is 3. The number of hydrogen-bond acceptors (Lipinski definition) is 5. The highest BCUT2D eigenvalue weighted by Crippen LogP contribution is 2.21. The van der Waals surface area contributed by atoms with Gasteiger partial charge in [0.05, 0.1) is 26.4 Å². The largest absolute Gasteiger partial charge is 0.388 e. The van der Waals surface area contributed by atoms with Crippen molar-refractivity contribution < 1.29 is 20.9 Å². The molecule has 6 heteroatoms. The zero-order chi connectivity index (χ0) is 27.7. The van der Waals surface area contributed by atoms with Gasteiger partial charge in [-0.15, -0.1) is 11.3 Å². The minimum Gasteiger partial charge on any atom is -0.388 e. The number of nitrogens with two attached hydrogens (primary N) is 1. The van der Waals surface area contributed by atoms with Crippen LogP contribution >= 0.6 is 11.3 Å². The number of aliphatic hydroxyl groups is 1. The molecule has 0 unspecified atom stereocenters. The number of nitrogen functional groups attached to an aromatic ring is 1. The molecule has 1 heterocycles. The lowest BCUT2D eigenvalue weighted by Gasteiger charge is -2.11. The van der Waals surface area contributed by atoms with Crippen molar-refractivity contribution in [2.24, 2.45) is 0 Å². The molecule has 0 bridgehead atoms. The third kappa shape index (κ3) is 6.69. The van der Waals surface area contributed by atoms with Crippen LogP contribution in [0.3, 0.4) is 0 Å². The number of anilines is 2. The van der Waals surface area contributed by atoms with Crippen LogP contribution in [-0.4, -0.2) is 16.0 Å². The van der Waals surface area contributed by atoms with Crippen LogP contribution in [0, 0.1) is 6.92 Å². The first-order chi connectivity index (χ1) is 17.1. The van der Waals surface area contributed by atoms with E-state index in [1.807, 2.05) is 0 Å². The van der Waals surface area contributed by atoms with Crippen molar-refractivity contribution in [2.45, 2.75) is 45.1 Å². The van der Waals surface area contributed by atoms with E-state index in [2.05, 4.69) is 10.3 Å². The SMILES string of the molecule is [2H]c1sc(N)nc1CC(=O)Nc1ccc(C([2H])([2H])CCC[C@]([2H])(O)c2c([2H])c([2H])c(C)c([2H])c2[2H])cc1. The zero-order valence-corrected chi connectivity index (χ0v) is 16.7. The van der Waals surface area contributed by atoms with Crippen molar-refractivity contribution in [3.05, 3.63) is 76.2 Å². The number of nitrogens with one attached hydrogen (secondary N) is 1. The molecule has 1 amide bonds. The summed E-state index contributed by atoms with van der Waals surface area (Å²) in [5.41, 5.74) is 6.28. The summed E-state index contributed by atoms with van der Waals surface area (Å²) in [6.45, 7) is 1.43. The average molecular weight is 418 g/mol. The van der Waals surface area contributed by atoms with Crippen molar-refractivity contribution in [3.63, 3.8) is 0 Å². The van der Waals surface area contributed by atoms with Crippen LogP contribution in [-0.2, 0) is 17.6 Å². The van der Waals surface area contributed by atoms with E-state index in [0.29, 0.717) is 11.3 Å². The summed E-state index contributed by atoms with van der Waals surface area (Å²) in [4.78, 5) is 16.2. The van der Waals surface area contributed by atoms with Crippen LogP contribution < -0.4 is 11.1 Å². The molecule has 0 radical (unpaired) electrons. The molecular weight excluding hydrogens is 382 g/mol. The van der Waals surface area contributed by atoms with E-state index in [0.717, 1.165) is 11.3 Å². The summed E-state index contributed by atoms with van der Waals surface area (Å²) in [5.74, 6) is -0.394. The summed E-state index contributed by atoms with van der Waals surface area (Å²) in [5, 5.41) is 13.7. The summed E-state index contributed by atoms with van der Waals surface area (Å²) < 4.78 is 64.8. The van der Waals surface area contributed by atoms with E-state index in [-0.39, 0.29) is 59.5 Å². The molecule has 0 fully saturated rings. The smallest absolute Gasteiger partial charge is 0.230 e. The van der Waals surface area contributed by atoms with Gasteiger partial charge in [-0.2, -0.15) is 0 Å². The summed E-state index contributed by atoms with van der Waals surface area (Å²) in [6.07, 6.45) is -4.71. The van der Waals surface area contributed by atoms with Crippen LogP contribution in [0.2, 0.25) is 0 Å². The van der Waals surface area contributed by atoms with Gasteiger partial charge in [0.1, 0.15) is 0 Å². The number of aryl methyl sites for hydroxylation is 1. The normalized spacial score (nSPS) is 17.4. The van der Waals surface area contributed by atoms with Crippen molar-refractivity contribution in [1.29, 1.82) is 0 Å². The maximum Gasteiger partial charge on any atom is 0.230 e. The third-order valence-corrected chi connectivity index (χ3v) is 4.61. The van der Waals surface area contributed by atoms with Crippen LogP contribution in [0.4, 0.5) is 10.8 Å². The molecule has 0 aliphatic carbocycles. The molecular formula is C23H27N3O2S. The monoisotopic (exact) mass is 417 g/mol. The van der Waals surface area contributed by atoms with E-state index in [4.69, 9.17) is 16.7 Å². The number of thiazole rings is 1. The summed E-state index contributed by atoms with van der Waals surface area (Å²) >= 11 is 0.981. The Morgan fingerprint density at radius 2 is 2.03 bits per heavy atom. The lowest BCUT2D eigenvalue weighted by molar-refractivity contribution is -0.115. The molecule has 0 saturated heterocycles. The molecule has 2 aromatic carbocycles. The van der Waals surface area contributed by atoms with Gasteiger partial charge >= 0.3 is 0 Å². The molecule has 0 spiro atoms. The molecule has 5 nitrogen and oxygen atoms in total. The number of rotatable bonds is 9. The predicted molar refractivity (Wildman–Crippen MR) is 119 cm³/mol. The van der Waals surface area contributed by atoms with Crippen LogP contribution in [0.25, 0.3) is 0 Å². The number of carbonyl (C=O) groups excluding carboxylic acids is 1. The van der Waals surface area contributed by atoms with Gasteiger partial charge < -0.3 is 16.2 Å². The fourth-order valence-electron chi connectivity index (χ4n) is 2.53. The van der Waals surface area contributed by atoms with Crippen LogP contribution in [0.1, 0.15) is 58.7 Å². The summed E-state index contributed by atoms with van der Waals surface area (Å²) in [7, 11) is 0. The number of nitrogens with zero attached hydrogens (tertiary/aromatic N) is 1. The second-order valence-electron chi connectivity index (χ2n) is 6.38. The second-order valence-corrected chi connectivity index (χ2v) is 7.21. The maximum absolute atomic E-state index is 12.2. The fourth-order valence-corrected chi connectivity index (χ4v) is 3.02. The topological polar surface area (TPSA) is 88.2 Å². The van der Waals surface area contributed by atoms with Crippen LogP contribution in [0.5, 0.6) is 0 Å². The molecule has 1 aromatic heterocycles. The van der Waals surface area contributed by atoms with Crippen molar-refractivity contribution >= 4 is 28.1 Å². The lowest BCUT2D eigenvalue weighted by Crippen LogP contribution is -2.14. The van der Waals surface area contributed by atoms with E-state index in [1.54, 1.807) is 12.1 Å². The van der Waals surface area contributed by atoms with Gasteiger partial charge in [0.2, 0.25) is 5.91 Å². The summed E-state index contributed by atoms with van der Waals surface area (Å²) in [6, 6.07) is 4.52. The molecule has 4 N–H and O–H groups in total. The molecule has 3 aromatic rings. The van der Waals surface area contributed by atoms with Gasteiger partial charge in [-0.05, 0) is 49.4 Å². The minimum absolute atomic E-state index is 0.0329. The number of amides is 1. The molecule has 0 aliphatic heterocycles. The fraction of sp³-hybridized carbons (Fsp3) is 0.304. The molecule has 0 saturated carbocycles. The van der Waals surface area contributed by atoms with E-state index >= 15 is 0 Å².